The second-order valence-corrected chi connectivity index (χ2v) is 4.50. The molecule has 0 amide bonds. The number of hydrogen-bond acceptors (Lipinski definition) is 4. The van der Waals surface area contributed by atoms with Gasteiger partial charge in [-0.3, -0.25) is 9.89 Å². The van der Waals surface area contributed by atoms with Crippen LogP contribution in [0.4, 0.5) is 0 Å². The van der Waals surface area contributed by atoms with Gasteiger partial charge in [-0.1, -0.05) is 11.6 Å². The number of aliphatic hydroxyl groups is 1. The van der Waals surface area contributed by atoms with Gasteiger partial charge in [-0.05, 0) is 11.6 Å². The molecule has 0 spiro atoms. The molecule has 4 nitrogen and oxygen atoms in total. The van der Waals surface area contributed by atoms with E-state index in [0.717, 1.165) is 31.8 Å². The molecule has 0 aromatic carbocycles. The highest BCUT2D eigenvalue weighted by atomic mass is 35.5. The molecule has 2 heterocycles. The van der Waals surface area contributed by atoms with E-state index in [0.29, 0.717) is 6.54 Å². The topological polar surface area (TPSA) is 47.9 Å². The highest BCUT2D eigenvalue weighted by Gasteiger charge is 2.33. The normalized spacial score (nSPS) is 32.8. The lowest BCUT2D eigenvalue weighted by atomic mass is 10.1. The minimum Gasteiger partial charge on any atom is -0.392 e. The lowest BCUT2D eigenvalue weighted by Gasteiger charge is -2.38. The molecule has 0 aliphatic carbocycles. The molecule has 1 unspecified atom stereocenters. The molecule has 1 saturated heterocycles. The van der Waals surface area contributed by atoms with Gasteiger partial charge >= 0.3 is 0 Å². The van der Waals surface area contributed by atoms with Gasteiger partial charge in [-0.15, -0.1) is 0 Å². The van der Waals surface area contributed by atoms with Gasteiger partial charge in [0.1, 0.15) is 0 Å². The van der Waals surface area contributed by atoms with Crippen molar-refractivity contribution in [1.29, 1.82) is 0 Å². The SMILES string of the molecule is OCC1=CC(Cl)(N2CCNCC2)C=NC1. The van der Waals surface area contributed by atoms with Gasteiger partial charge in [0.05, 0.1) is 13.2 Å². The number of aliphatic hydroxyl groups excluding tert-OH is 1. The molecule has 0 radical (unpaired) electrons. The van der Waals surface area contributed by atoms with Gasteiger partial charge in [0.2, 0.25) is 0 Å². The van der Waals surface area contributed by atoms with Crippen LogP contribution in [0.5, 0.6) is 0 Å². The molecule has 2 aliphatic heterocycles. The van der Waals surface area contributed by atoms with E-state index >= 15 is 0 Å². The molecule has 1 fully saturated rings. The van der Waals surface area contributed by atoms with Crippen molar-refractivity contribution in [2.75, 3.05) is 39.3 Å². The average molecular weight is 230 g/mol. The van der Waals surface area contributed by atoms with Gasteiger partial charge in [0, 0.05) is 32.4 Å². The smallest absolute Gasteiger partial charge is 0.150 e. The fraction of sp³-hybridized carbons (Fsp3) is 0.700. The van der Waals surface area contributed by atoms with Crippen molar-refractivity contribution >= 4 is 17.8 Å². The summed E-state index contributed by atoms with van der Waals surface area (Å²) in [4.78, 5) is 5.75. The first kappa shape index (κ1) is 11.1. The van der Waals surface area contributed by atoms with E-state index in [-0.39, 0.29) is 6.61 Å². The maximum absolute atomic E-state index is 9.09. The van der Waals surface area contributed by atoms with Crippen LogP contribution >= 0.6 is 11.6 Å². The summed E-state index contributed by atoms with van der Waals surface area (Å²) in [5.41, 5.74) is 0.894. The fourth-order valence-corrected chi connectivity index (χ4v) is 2.33. The molecule has 15 heavy (non-hydrogen) atoms. The van der Waals surface area contributed by atoms with Crippen molar-refractivity contribution in [2.24, 2.45) is 4.99 Å². The van der Waals surface area contributed by atoms with Crippen molar-refractivity contribution in [3.05, 3.63) is 11.6 Å². The van der Waals surface area contributed by atoms with Crippen LogP contribution in [0.2, 0.25) is 0 Å². The van der Waals surface area contributed by atoms with Crippen LogP contribution in [0, 0.1) is 0 Å². The first-order valence-electron chi connectivity index (χ1n) is 5.22. The first-order chi connectivity index (χ1) is 7.24. The van der Waals surface area contributed by atoms with E-state index in [1.807, 2.05) is 6.08 Å². The van der Waals surface area contributed by atoms with E-state index < -0.39 is 5.00 Å². The largest absolute Gasteiger partial charge is 0.392 e. The van der Waals surface area contributed by atoms with Crippen molar-refractivity contribution in [2.45, 2.75) is 5.00 Å². The zero-order valence-corrected chi connectivity index (χ0v) is 9.37. The van der Waals surface area contributed by atoms with Crippen LogP contribution in [0.1, 0.15) is 0 Å². The zero-order chi connectivity index (χ0) is 10.7. The number of hydrogen-bond donors (Lipinski definition) is 2. The Balaban J connectivity index is 2.13. The van der Waals surface area contributed by atoms with Crippen LogP contribution in [0.15, 0.2) is 16.6 Å². The Morgan fingerprint density at radius 1 is 1.53 bits per heavy atom. The number of alkyl halides is 1. The van der Waals surface area contributed by atoms with E-state index in [1.165, 1.54) is 0 Å². The standard InChI is InChI=1S/C10H16ClN3O/c11-10(14-3-1-12-2-4-14)5-9(7-15)6-13-8-10/h5,8,12,15H,1-4,6-7H2. The fourth-order valence-electron chi connectivity index (χ4n) is 1.94. The third kappa shape index (κ3) is 2.39. The maximum Gasteiger partial charge on any atom is 0.150 e. The van der Waals surface area contributed by atoms with Crippen LogP contribution in [0.3, 0.4) is 0 Å². The van der Waals surface area contributed by atoms with E-state index in [2.05, 4.69) is 15.2 Å². The number of piperazine rings is 1. The summed E-state index contributed by atoms with van der Waals surface area (Å²) in [5.74, 6) is 0. The lowest BCUT2D eigenvalue weighted by molar-refractivity contribution is 0.214. The zero-order valence-electron chi connectivity index (χ0n) is 8.62. The molecular formula is C10H16ClN3O. The molecule has 5 heteroatoms. The highest BCUT2D eigenvalue weighted by Crippen LogP contribution is 2.25. The second-order valence-electron chi connectivity index (χ2n) is 3.90. The number of halogens is 1. The Kier molecular flexibility index (Phi) is 3.41. The summed E-state index contributed by atoms with van der Waals surface area (Å²) in [7, 11) is 0. The summed E-state index contributed by atoms with van der Waals surface area (Å²) in [5, 5.41) is 12.4. The van der Waals surface area contributed by atoms with Gasteiger partial charge in [-0.25, -0.2) is 0 Å². The van der Waals surface area contributed by atoms with Gasteiger partial charge in [-0.2, -0.15) is 0 Å². The van der Waals surface area contributed by atoms with E-state index in [4.69, 9.17) is 16.7 Å². The Hall–Kier alpha value is -0.420. The Labute approximate surface area is 94.6 Å². The minimum atomic E-state index is -0.627. The molecule has 0 saturated carbocycles. The quantitative estimate of drug-likeness (QED) is 0.393. The molecule has 84 valence electrons. The summed E-state index contributed by atoms with van der Waals surface area (Å²) in [6.07, 6.45) is 3.70. The molecule has 2 N–H and O–H groups in total. The number of aliphatic imine (C=N–C) groups is 1. The van der Waals surface area contributed by atoms with Crippen LogP contribution < -0.4 is 5.32 Å². The monoisotopic (exact) mass is 229 g/mol. The average Bonchev–Trinajstić information content (AvgIpc) is 2.30. The van der Waals surface area contributed by atoms with Crippen molar-refractivity contribution in [3.8, 4) is 0 Å². The lowest BCUT2D eigenvalue weighted by Crippen LogP contribution is -2.54. The van der Waals surface area contributed by atoms with Crippen LogP contribution in [0.25, 0.3) is 0 Å². The van der Waals surface area contributed by atoms with Crippen molar-refractivity contribution in [1.82, 2.24) is 10.2 Å². The van der Waals surface area contributed by atoms with E-state index in [9.17, 15) is 0 Å². The Morgan fingerprint density at radius 3 is 2.93 bits per heavy atom. The molecule has 0 aromatic heterocycles. The number of dihydropyridines is 1. The third-order valence-electron chi connectivity index (χ3n) is 2.78. The number of nitrogens with one attached hydrogen (secondary N) is 1. The predicted octanol–water partition coefficient (Wildman–Crippen LogP) is -0.170. The van der Waals surface area contributed by atoms with Crippen molar-refractivity contribution in [3.63, 3.8) is 0 Å². The molecule has 2 aliphatic rings. The maximum atomic E-state index is 9.09. The predicted molar refractivity (Wildman–Crippen MR) is 61.6 cm³/mol. The highest BCUT2D eigenvalue weighted by molar-refractivity contribution is 6.33. The second kappa shape index (κ2) is 4.61. The van der Waals surface area contributed by atoms with Gasteiger partial charge < -0.3 is 10.4 Å². The van der Waals surface area contributed by atoms with E-state index in [1.54, 1.807) is 6.21 Å². The van der Waals surface area contributed by atoms with Crippen molar-refractivity contribution < 1.29 is 5.11 Å². The molecule has 1 atom stereocenters. The van der Waals surface area contributed by atoms with Crippen LogP contribution in [-0.2, 0) is 0 Å². The minimum absolute atomic E-state index is 0.0396. The van der Waals surface area contributed by atoms with Crippen LogP contribution in [-0.4, -0.2) is 60.5 Å². The Morgan fingerprint density at radius 2 is 2.27 bits per heavy atom. The summed E-state index contributed by atoms with van der Waals surface area (Å²) in [6, 6.07) is 0. The number of nitrogens with zero attached hydrogens (tertiary/aromatic N) is 2. The first-order valence-corrected chi connectivity index (χ1v) is 5.59. The Bertz CT molecular complexity index is 286. The summed E-state index contributed by atoms with van der Waals surface area (Å²) in [6.45, 7) is 4.32. The van der Waals surface area contributed by atoms with Gasteiger partial charge in [0.15, 0.2) is 5.00 Å². The molecular weight excluding hydrogens is 214 g/mol. The molecule has 0 bridgehead atoms. The molecule has 2 rings (SSSR count). The molecule has 0 aromatic rings. The summed E-state index contributed by atoms with van der Waals surface area (Å²) < 4.78 is 0. The summed E-state index contributed by atoms with van der Waals surface area (Å²) >= 11 is 6.49. The third-order valence-corrected chi connectivity index (χ3v) is 3.22. The number of rotatable bonds is 2. The van der Waals surface area contributed by atoms with Gasteiger partial charge in [0.25, 0.3) is 0 Å².